The van der Waals surface area contributed by atoms with Gasteiger partial charge in [0, 0.05) is 18.7 Å². The van der Waals surface area contributed by atoms with Crippen LogP contribution in [0, 0.1) is 0 Å². The minimum Gasteiger partial charge on any atom is -0.463 e. The monoisotopic (exact) mass is 347 g/mol. The summed E-state index contributed by atoms with van der Waals surface area (Å²) < 4.78 is 36.1. The molecular formula is C15H25NO6S. The molecule has 0 amide bonds. The first-order chi connectivity index (χ1) is 11.0. The number of nitrogens with one attached hydrogen (secondary N) is 1. The summed E-state index contributed by atoms with van der Waals surface area (Å²) in [6, 6.07) is 0. The Kier molecular flexibility index (Phi) is 8.86. The molecule has 23 heavy (non-hydrogen) atoms. The number of sulfonamides is 1. The molecule has 1 fully saturated rings. The summed E-state index contributed by atoms with van der Waals surface area (Å²) in [4.78, 5) is 22.3. The van der Waals surface area contributed by atoms with Crippen molar-refractivity contribution in [2.24, 2.45) is 0 Å². The van der Waals surface area contributed by atoms with Crippen molar-refractivity contribution >= 4 is 22.0 Å². The molecule has 1 aliphatic rings. The van der Waals surface area contributed by atoms with E-state index in [2.05, 4.69) is 9.46 Å². The van der Waals surface area contributed by atoms with Crippen LogP contribution >= 0.6 is 0 Å². The first-order valence-corrected chi connectivity index (χ1v) is 9.50. The number of hydrogen-bond donors (Lipinski definition) is 1. The van der Waals surface area contributed by atoms with Crippen molar-refractivity contribution in [1.29, 1.82) is 0 Å². The Morgan fingerprint density at radius 3 is 2.30 bits per heavy atom. The van der Waals surface area contributed by atoms with Crippen molar-refractivity contribution in [3.63, 3.8) is 0 Å². The highest BCUT2D eigenvalue weighted by Gasteiger charge is 2.26. The van der Waals surface area contributed by atoms with Crippen LogP contribution in [-0.2, 0) is 29.1 Å². The molecule has 8 heteroatoms. The van der Waals surface area contributed by atoms with Crippen molar-refractivity contribution in [3.8, 4) is 0 Å². The molecule has 1 aliphatic carbocycles. The quantitative estimate of drug-likeness (QED) is 0.383. The average Bonchev–Trinajstić information content (AvgIpc) is 2.53. The van der Waals surface area contributed by atoms with Crippen LogP contribution in [0.25, 0.3) is 0 Å². The standard InChI is InChI=1S/C15H25NO6S/c1-2-21-14(17)9-10-15(18)22-12-6-11-16-23(19,20)13-7-4-3-5-8-13/h9-10,13,16H,2-8,11-12H2,1H3/b10-9+. The van der Waals surface area contributed by atoms with Crippen LogP contribution in [0.1, 0.15) is 45.4 Å². The summed E-state index contributed by atoms with van der Waals surface area (Å²) in [5, 5.41) is -0.300. The lowest BCUT2D eigenvalue weighted by Gasteiger charge is -2.21. The normalized spacial score (nSPS) is 16.4. The molecule has 0 saturated heterocycles. The van der Waals surface area contributed by atoms with Gasteiger partial charge in [0.2, 0.25) is 10.0 Å². The highest BCUT2D eigenvalue weighted by atomic mass is 32.2. The number of rotatable bonds is 9. The zero-order chi connectivity index (χ0) is 17.1. The van der Waals surface area contributed by atoms with Crippen molar-refractivity contribution < 1.29 is 27.5 Å². The van der Waals surface area contributed by atoms with E-state index in [1.54, 1.807) is 6.92 Å². The van der Waals surface area contributed by atoms with Gasteiger partial charge < -0.3 is 9.47 Å². The Bertz CT molecular complexity index is 508. The number of carbonyl (C=O) groups is 2. The first kappa shape index (κ1) is 19.6. The number of carbonyl (C=O) groups excluding carboxylic acids is 2. The van der Waals surface area contributed by atoms with E-state index in [0.717, 1.165) is 31.4 Å². The molecular weight excluding hydrogens is 322 g/mol. The highest BCUT2D eigenvalue weighted by Crippen LogP contribution is 2.22. The molecule has 7 nitrogen and oxygen atoms in total. The molecule has 0 atom stereocenters. The smallest absolute Gasteiger partial charge is 0.331 e. The fraction of sp³-hybridized carbons (Fsp3) is 0.733. The molecule has 0 radical (unpaired) electrons. The average molecular weight is 347 g/mol. The number of esters is 2. The van der Waals surface area contributed by atoms with E-state index in [9.17, 15) is 18.0 Å². The minimum atomic E-state index is -3.28. The first-order valence-electron chi connectivity index (χ1n) is 7.95. The summed E-state index contributed by atoms with van der Waals surface area (Å²) in [5.41, 5.74) is 0. The topological polar surface area (TPSA) is 98.8 Å². The van der Waals surface area contributed by atoms with Crippen molar-refractivity contribution in [2.75, 3.05) is 19.8 Å². The van der Waals surface area contributed by atoms with Gasteiger partial charge in [-0.15, -0.1) is 0 Å². The van der Waals surface area contributed by atoms with Crippen LogP contribution in [-0.4, -0.2) is 45.4 Å². The summed E-state index contributed by atoms with van der Waals surface area (Å²) in [7, 11) is -3.28. The maximum absolute atomic E-state index is 12.0. The molecule has 1 rings (SSSR count). The predicted octanol–water partition coefficient (Wildman–Crippen LogP) is 1.29. The summed E-state index contributed by atoms with van der Waals surface area (Å²) in [5.74, 6) is -1.27. The Labute approximate surface area is 137 Å². The van der Waals surface area contributed by atoms with E-state index in [1.165, 1.54) is 0 Å². The van der Waals surface area contributed by atoms with Gasteiger partial charge in [-0.25, -0.2) is 22.7 Å². The second-order valence-electron chi connectivity index (χ2n) is 5.31. The van der Waals surface area contributed by atoms with Gasteiger partial charge in [0.25, 0.3) is 0 Å². The van der Waals surface area contributed by atoms with Crippen LogP contribution < -0.4 is 4.72 Å². The maximum Gasteiger partial charge on any atom is 0.331 e. The number of hydrogen-bond acceptors (Lipinski definition) is 6. The molecule has 0 aromatic heterocycles. The van der Waals surface area contributed by atoms with E-state index >= 15 is 0 Å². The van der Waals surface area contributed by atoms with Crippen LogP contribution in [0.4, 0.5) is 0 Å². The zero-order valence-corrected chi connectivity index (χ0v) is 14.3. The van der Waals surface area contributed by atoms with E-state index in [0.29, 0.717) is 19.3 Å². The lowest BCUT2D eigenvalue weighted by molar-refractivity contribution is -0.140. The molecule has 0 aromatic carbocycles. The summed E-state index contributed by atoms with van der Waals surface area (Å²) in [6.07, 6.45) is 6.80. The van der Waals surface area contributed by atoms with Gasteiger partial charge in [0.05, 0.1) is 18.5 Å². The van der Waals surface area contributed by atoms with E-state index in [-0.39, 0.29) is 25.0 Å². The van der Waals surface area contributed by atoms with Gasteiger partial charge in [-0.3, -0.25) is 0 Å². The van der Waals surface area contributed by atoms with Gasteiger partial charge in [0.15, 0.2) is 0 Å². The second-order valence-corrected chi connectivity index (χ2v) is 7.35. The SMILES string of the molecule is CCOC(=O)/C=C/C(=O)OCCCNS(=O)(=O)C1CCCCC1. The van der Waals surface area contributed by atoms with E-state index in [1.807, 2.05) is 0 Å². The largest absolute Gasteiger partial charge is 0.463 e. The van der Waals surface area contributed by atoms with Gasteiger partial charge >= 0.3 is 11.9 Å². The molecule has 0 bridgehead atoms. The van der Waals surface area contributed by atoms with Gasteiger partial charge in [-0.2, -0.15) is 0 Å². The third-order valence-corrected chi connectivity index (χ3v) is 5.46. The zero-order valence-electron chi connectivity index (χ0n) is 13.5. The molecule has 0 unspecified atom stereocenters. The molecule has 0 aromatic rings. The van der Waals surface area contributed by atoms with E-state index < -0.39 is 22.0 Å². The Morgan fingerprint density at radius 2 is 1.70 bits per heavy atom. The van der Waals surface area contributed by atoms with Crippen molar-refractivity contribution in [1.82, 2.24) is 4.72 Å². The Balaban J connectivity index is 2.17. The molecule has 0 spiro atoms. The maximum atomic E-state index is 12.0. The van der Waals surface area contributed by atoms with Crippen LogP contribution in [0.2, 0.25) is 0 Å². The van der Waals surface area contributed by atoms with Crippen LogP contribution in [0.5, 0.6) is 0 Å². The highest BCUT2D eigenvalue weighted by molar-refractivity contribution is 7.90. The molecule has 0 aliphatic heterocycles. The fourth-order valence-corrected chi connectivity index (χ4v) is 3.95. The molecule has 0 heterocycles. The molecule has 132 valence electrons. The summed E-state index contributed by atoms with van der Waals surface area (Å²) >= 11 is 0. The minimum absolute atomic E-state index is 0.0825. The van der Waals surface area contributed by atoms with Crippen LogP contribution in [0.15, 0.2) is 12.2 Å². The van der Waals surface area contributed by atoms with E-state index in [4.69, 9.17) is 4.74 Å². The Morgan fingerprint density at radius 1 is 1.09 bits per heavy atom. The predicted molar refractivity (Wildman–Crippen MR) is 85.1 cm³/mol. The second kappa shape index (κ2) is 10.4. The van der Waals surface area contributed by atoms with Gasteiger partial charge in [0.1, 0.15) is 0 Å². The summed E-state index contributed by atoms with van der Waals surface area (Å²) in [6.45, 7) is 2.21. The molecule has 1 N–H and O–H groups in total. The lowest BCUT2D eigenvalue weighted by Crippen LogP contribution is -2.36. The van der Waals surface area contributed by atoms with Gasteiger partial charge in [-0.05, 0) is 26.2 Å². The van der Waals surface area contributed by atoms with Crippen molar-refractivity contribution in [2.45, 2.75) is 50.7 Å². The van der Waals surface area contributed by atoms with Crippen LogP contribution in [0.3, 0.4) is 0 Å². The van der Waals surface area contributed by atoms with Crippen molar-refractivity contribution in [3.05, 3.63) is 12.2 Å². The number of ether oxygens (including phenoxy) is 2. The third-order valence-electron chi connectivity index (χ3n) is 3.50. The fourth-order valence-electron chi connectivity index (χ4n) is 2.33. The lowest BCUT2D eigenvalue weighted by atomic mass is 10.0. The van der Waals surface area contributed by atoms with Gasteiger partial charge in [-0.1, -0.05) is 19.3 Å². The third kappa shape index (κ3) is 8.13. The molecule has 1 saturated carbocycles. The Hall–Kier alpha value is -1.41.